The maximum Gasteiger partial charge on any atom is 0.269 e. The van der Waals surface area contributed by atoms with Gasteiger partial charge in [-0.3, -0.25) is 25.8 Å². The van der Waals surface area contributed by atoms with Crippen molar-refractivity contribution in [3.63, 3.8) is 0 Å². The van der Waals surface area contributed by atoms with Gasteiger partial charge in [0.1, 0.15) is 5.75 Å². The van der Waals surface area contributed by atoms with Crippen LogP contribution in [0.4, 0.5) is 0 Å². The fourth-order valence-corrected chi connectivity index (χ4v) is 3.10. The van der Waals surface area contributed by atoms with Gasteiger partial charge in [-0.25, -0.2) is 0 Å². The van der Waals surface area contributed by atoms with Gasteiger partial charge in [-0.1, -0.05) is 0 Å². The Kier molecular flexibility index (Phi) is 8.25. The van der Waals surface area contributed by atoms with Crippen molar-refractivity contribution in [2.75, 3.05) is 28.4 Å². The van der Waals surface area contributed by atoms with Crippen LogP contribution in [0.1, 0.15) is 20.7 Å². The summed E-state index contributed by atoms with van der Waals surface area (Å²) in [5.41, 5.74) is 5.46. The Hall–Kier alpha value is -3.05. The second-order valence-corrected chi connectivity index (χ2v) is 6.89. The number of ether oxygens (including phenoxy) is 4. The highest BCUT2D eigenvalue weighted by atomic mass is 79.9. The third-order valence-corrected chi connectivity index (χ3v) is 4.68. The highest BCUT2D eigenvalue weighted by Gasteiger charge is 2.18. The van der Waals surface area contributed by atoms with Crippen LogP contribution >= 0.6 is 28.1 Å². The maximum absolute atomic E-state index is 12.5. The molecule has 0 unspecified atom stereocenters. The third-order valence-electron chi connectivity index (χ3n) is 3.86. The number of amides is 2. The standard InChI is InChI=1S/C19H20BrN3O6S/c1-26-13-6-5-10(7-12(13)20)18(25)22-23-19(30)21-17(24)11-8-14(27-2)16(29-4)15(9-11)28-3/h5-9H,1-4H3,(H,22,25)(H2,21,23,24,30). The van der Waals surface area contributed by atoms with E-state index < -0.39 is 11.8 Å². The highest BCUT2D eigenvalue weighted by molar-refractivity contribution is 9.10. The Morgan fingerprint density at radius 2 is 1.40 bits per heavy atom. The molecule has 3 N–H and O–H groups in total. The molecule has 0 heterocycles. The van der Waals surface area contributed by atoms with Crippen molar-refractivity contribution in [1.29, 1.82) is 0 Å². The van der Waals surface area contributed by atoms with Crippen LogP contribution in [0, 0.1) is 0 Å². The number of benzene rings is 2. The Morgan fingerprint density at radius 1 is 0.800 bits per heavy atom. The van der Waals surface area contributed by atoms with Crippen molar-refractivity contribution in [1.82, 2.24) is 16.2 Å². The van der Waals surface area contributed by atoms with E-state index in [1.54, 1.807) is 18.2 Å². The lowest BCUT2D eigenvalue weighted by Crippen LogP contribution is -2.48. The minimum atomic E-state index is -0.534. The quantitative estimate of drug-likeness (QED) is 0.412. The van der Waals surface area contributed by atoms with Crippen LogP contribution in [-0.2, 0) is 0 Å². The van der Waals surface area contributed by atoms with Crippen LogP contribution in [-0.4, -0.2) is 45.4 Å². The van der Waals surface area contributed by atoms with Crippen LogP contribution in [0.2, 0.25) is 0 Å². The van der Waals surface area contributed by atoms with Gasteiger partial charge < -0.3 is 18.9 Å². The molecular formula is C19H20BrN3O6S. The maximum atomic E-state index is 12.5. The number of nitrogens with one attached hydrogen (secondary N) is 3. The first-order valence-corrected chi connectivity index (χ1v) is 9.59. The van der Waals surface area contributed by atoms with E-state index in [4.69, 9.17) is 31.2 Å². The van der Waals surface area contributed by atoms with E-state index in [1.165, 1.54) is 40.6 Å². The summed E-state index contributed by atoms with van der Waals surface area (Å²) in [5.74, 6) is 0.595. The Bertz CT molecular complexity index is 944. The summed E-state index contributed by atoms with van der Waals surface area (Å²) in [4.78, 5) is 24.7. The van der Waals surface area contributed by atoms with Gasteiger partial charge in [-0.2, -0.15) is 0 Å². The largest absolute Gasteiger partial charge is 0.496 e. The number of hydrazine groups is 1. The molecule has 0 aliphatic rings. The van der Waals surface area contributed by atoms with Crippen LogP contribution in [0.3, 0.4) is 0 Å². The van der Waals surface area contributed by atoms with Gasteiger partial charge >= 0.3 is 0 Å². The molecule has 0 aliphatic carbocycles. The predicted octanol–water partition coefficient (Wildman–Crippen LogP) is 2.43. The van der Waals surface area contributed by atoms with Crippen molar-refractivity contribution in [3.8, 4) is 23.0 Å². The van der Waals surface area contributed by atoms with Gasteiger partial charge in [0.15, 0.2) is 16.6 Å². The second kappa shape index (κ2) is 10.6. The number of thiocarbonyl (C=S) groups is 1. The van der Waals surface area contributed by atoms with E-state index in [2.05, 4.69) is 32.1 Å². The van der Waals surface area contributed by atoms with E-state index in [0.29, 0.717) is 33.0 Å². The minimum absolute atomic E-state index is 0.102. The number of carbonyl (C=O) groups is 2. The topological polar surface area (TPSA) is 107 Å². The summed E-state index contributed by atoms with van der Waals surface area (Å²) in [6.07, 6.45) is 0. The van der Waals surface area contributed by atoms with E-state index in [9.17, 15) is 9.59 Å². The summed E-state index contributed by atoms with van der Waals surface area (Å²) in [6.45, 7) is 0. The molecule has 0 saturated heterocycles. The molecule has 160 valence electrons. The normalized spacial score (nSPS) is 9.90. The molecule has 0 fully saturated rings. The smallest absolute Gasteiger partial charge is 0.269 e. The summed E-state index contributed by atoms with van der Waals surface area (Å²) >= 11 is 8.37. The summed E-state index contributed by atoms with van der Waals surface area (Å²) < 4.78 is 21.4. The third kappa shape index (κ3) is 5.51. The minimum Gasteiger partial charge on any atom is -0.496 e. The van der Waals surface area contributed by atoms with Gasteiger partial charge in [0, 0.05) is 11.1 Å². The summed E-state index contributed by atoms with van der Waals surface area (Å²) in [7, 11) is 5.87. The fourth-order valence-electron chi connectivity index (χ4n) is 2.41. The van der Waals surface area contributed by atoms with Crippen molar-refractivity contribution >= 4 is 45.1 Å². The number of rotatable bonds is 6. The van der Waals surface area contributed by atoms with E-state index in [-0.39, 0.29) is 10.7 Å². The Labute approximate surface area is 187 Å². The molecule has 0 saturated carbocycles. The predicted molar refractivity (Wildman–Crippen MR) is 117 cm³/mol. The van der Waals surface area contributed by atoms with Crippen LogP contribution in [0.25, 0.3) is 0 Å². The van der Waals surface area contributed by atoms with Crippen molar-refractivity contribution in [3.05, 3.63) is 45.9 Å². The fraction of sp³-hybridized carbons (Fsp3) is 0.211. The molecule has 2 rings (SSSR count). The van der Waals surface area contributed by atoms with Crippen molar-refractivity contribution < 1.29 is 28.5 Å². The highest BCUT2D eigenvalue weighted by Crippen LogP contribution is 2.38. The second-order valence-electron chi connectivity index (χ2n) is 5.63. The summed E-state index contributed by atoms with van der Waals surface area (Å²) in [6, 6.07) is 7.77. The lowest BCUT2D eigenvalue weighted by atomic mass is 10.1. The molecule has 2 amide bonds. The molecule has 30 heavy (non-hydrogen) atoms. The number of hydrogen-bond donors (Lipinski definition) is 3. The van der Waals surface area contributed by atoms with Gasteiger partial charge in [-0.15, -0.1) is 0 Å². The lowest BCUT2D eigenvalue weighted by molar-refractivity contribution is 0.0934. The number of carbonyl (C=O) groups excluding carboxylic acids is 2. The molecule has 0 spiro atoms. The van der Waals surface area contributed by atoms with Gasteiger partial charge in [0.2, 0.25) is 5.75 Å². The number of methoxy groups -OCH3 is 4. The number of hydrogen-bond acceptors (Lipinski definition) is 7. The Morgan fingerprint density at radius 3 is 1.90 bits per heavy atom. The number of halogens is 1. The average Bonchev–Trinajstić information content (AvgIpc) is 2.75. The van der Waals surface area contributed by atoms with Gasteiger partial charge in [-0.05, 0) is 58.5 Å². The van der Waals surface area contributed by atoms with Crippen molar-refractivity contribution in [2.24, 2.45) is 0 Å². The van der Waals surface area contributed by atoms with Crippen molar-refractivity contribution in [2.45, 2.75) is 0 Å². The molecule has 0 radical (unpaired) electrons. The van der Waals surface area contributed by atoms with E-state index >= 15 is 0 Å². The van der Waals surface area contributed by atoms with E-state index in [1.807, 2.05) is 0 Å². The van der Waals surface area contributed by atoms with E-state index in [0.717, 1.165) is 0 Å². The molecule has 0 bridgehead atoms. The monoisotopic (exact) mass is 497 g/mol. The molecule has 0 aromatic heterocycles. The molecule has 2 aromatic rings. The lowest BCUT2D eigenvalue weighted by Gasteiger charge is -2.15. The van der Waals surface area contributed by atoms with Gasteiger partial charge in [0.05, 0.1) is 32.9 Å². The molecular weight excluding hydrogens is 478 g/mol. The first kappa shape index (κ1) is 23.2. The SMILES string of the molecule is COc1ccc(C(=O)NNC(=S)NC(=O)c2cc(OC)c(OC)c(OC)c2)cc1Br. The van der Waals surface area contributed by atoms with Gasteiger partial charge in [0.25, 0.3) is 11.8 Å². The van der Waals surface area contributed by atoms with Crippen LogP contribution in [0.5, 0.6) is 23.0 Å². The zero-order chi connectivity index (χ0) is 22.3. The molecule has 2 aromatic carbocycles. The first-order chi connectivity index (χ1) is 14.3. The zero-order valence-electron chi connectivity index (χ0n) is 16.6. The molecule has 0 atom stereocenters. The molecule has 0 aliphatic heterocycles. The molecule has 11 heteroatoms. The van der Waals surface area contributed by atoms with Crippen LogP contribution < -0.4 is 35.1 Å². The molecule has 9 nitrogen and oxygen atoms in total. The Balaban J connectivity index is 2.02. The average molecular weight is 498 g/mol. The summed E-state index contributed by atoms with van der Waals surface area (Å²) in [5, 5.41) is 2.36. The zero-order valence-corrected chi connectivity index (χ0v) is 19.0. The van der Waals surface area contributed by atoms with Crippen LogP contribution in [0.15, 0.2) is 34.8 Å². The first-order valence-electron chi connectivity index (χ1n) is 8.39.